The van der Waals surface area contributed by atoms with E-state index in [4.69, 9.17) is 4.74 Å². The monoisotopic (exact) mass is 410 g/mol. The Morgan fingerprint density at radius 2 is 1.87 bits per heavy atom. The van der Waals surface area contributed by atoms with Gasteiger partial charge in [-0.1, -0.05) is 43.2 Å². The molecule has 5 heteroatoms. The van der Waals surface area contributed by atoms with Crippen molar-refractivity contribution in [1.29, 1.82) is 0 Å². The van der Waals surface area contributed by atoms with Crippen LogP contribution in [0.15, 0.2) is 48.5 Å². The molecule has 1 aliphatic heterocycles. The number of carbonyl (C=O) groups is 1. The highest BCUT2D eigenvalue weighted by Crippen LogP contribution is 2.41. The quantitative estimate of drug-likeness (QED) is 0.766. The molecular weight excluding hydrogens is 379 g/mol. The van der Waals surface area contributed by atoms with Gasteiger partial charge in [-0.15, -0.1) is 0 Å². The average Bonchev–Trinajstić information content (AvgIpc) is 3.27. The number of ether oxygens (including phenoxy) is 1. The number of hydrogen-bond donors (Lipinski definition) is 1. The highest BCUT2D eigenvalue weighted by atomic mass is 19.1. The van der Waals surface area contributed by atoms with Gasteiger partial charge in [-0.3, -0.25) is 9.69 Å². The van der Waals surface area contributed by atoms with Gasteiger partial charge < -0.3 is 10.1 Å². The molecule has 30 heavy (non-hydrogen) atoms. The van der Waals surface area contributed by atoms with E-state index < -0.39 is 5.41 Å². The Bertz CT molecular complexity index is 871. The zero-order chi connectivity index (χ0) is 21.0. The number of nitrogens with one attached hydrogen (secondary N) is 1. The van der Waals surface area contributed by atoms with Crippen LogP contribution in [-0.4, -0.2) is 37.0 Å². The van der Waals surface area contributed by atoms with E-state index in [1.165, 1.54) is 11.6 Å². The number of methoxy groups -OCH3 is 1. The van der Waals surface area contributed by atoms with Gasteiger partial charge in [0.15, 0.2) is 0 Å². The molecule has 4 nitrogen and oxygen atoms in total. The molecule has 2 aliphatic rings. The van der Waals surface area contributed by atoms with Crippen LogP contribution in [0.1, 0.15) is 49.7 Å². The summed E-state index contributed by atoms with van der Waals surface area (Å²) in [5, 5.41) is 3.31. The Balaban J connectivity index is 1.37. The third kappa shape index (κ3) is 4.36. The molecule has 2 fully saturated rings. The van der Waals surface area contributed by atoms with Crippen LogP contribution < -0.4 is 10.1 Å². The van der Waals surface area contributed by atoms with Crippen LogP contribution in [-0.2, 0) is 16.8 Å². The molecule has 4 rings (SSSR count). The summed E-state index contributed by atoms with van der Waals surface area (Å²) in [6.45, 7) is 2.74. The molecule has 1 saturated heterocycles. The SMILES string of the molecule is COc1ccccc1CN1CCC(NC(=O)C2(c3cccc(F)c3)CCCC2)CC1. The molecule has 160 valence electrons. The summed E-state index contributed by atoms with van der Waals surface area (Å²) < 4.78 is 19.3. The van der Waals surface area contributed by atoms with Crippen molar-refractivity contribution in [2.45, 2.75) is 56.5 Å². The minimum Gasteiger partial charge on any atom is -0.496 e. The minimum absolute atomic E-state index is 0.0776. The summed E-state index contributed by atoms with van der Waals surface area (Å²) in [7, 11) is 1.71. The summed E-state index contributed by atoms with van der Waals surface area (Å²) in [6, 6.07) is 14.9. The number of likely N-dealkylation sites (tertiary alicyclic amines) is 1. The smallest absolute Gasteiger partial charge is 0.230 e. The molecule has 0 unspecified atom stereocenters. The van der Waals surface area contributed by atoms with Crippen molar-refractivity contribution in [3.05, 3.63) is 65.5 Å². The second kappa shape index (κ2) is 9.17. The van der Waals surface area contributed by atoms with Gasteiger partial charge in [0, 0.05) is 31.2 Å². The van der Waals surface area contributed by atoms with E-state index in [1.807, 2.05) is 24.3 Å². The van der Waals surface area contributed by atoms with Crippen molar-refractivity contribution in [2.75, 3.05) is 20.2 Å². The first-order valence-corrected chi connectivity index (χ1v) is 11.0. The normalized spacial score (nSPS) is 19.5. The Morgan fingerprint density at radius 3 is 2.57 bits per heavy atom. The fraction of sp³-hybridized carbons (Fsp3) is 0.480. The third-order valence-corrected chi connectivity index (χ3v) is 6.78. The molecule has 2 aromatic rings. The number of benzene rings is 2. The van der Waals surface area contributed by atoms with Gasteiger partial charge in [-0.2, -0.15) is 0 Å². The molecule has 1 saturated carbocycles. The zero-order valence-corrected chi connectivity index (χ0v) is 17.7. The number of para-hydroxylation sites is 1. The highest BCUT2D eigenvalue weighted by Gasteiger charge is 2.43. The van der Waals surface area contributed by atoms with Crippen molar-refractivity contribution in [1.82, 2.24) is 10.2 Å². The second-order valence-corrected chi connectivity index (χ2v) is 8.64. The molecule has 1 aliphatic carbocycles. The van der Waals surface area contributed by atoms with Crippen molar-refractivity contribution in [2.24, 2.45) is 0 Å². The third-order valence-electron chi connectivity index (χ3n) is 6.78. The van der Waals surface area contributed by atoms with E-state index in [1.54, 1.807) is 19.2 Å². The molecule has 1 N–H and O–H groups in total. The van der Waals surface area contributed by atoms with Crippen molar-refractivity contribution < 1.29 is 13.9 Å². The van der Waals surface area contributed by atoms with Gasteiger partial charge in [-0.25, -0.2) is 4.39 Å². The average molecular weight is 411 g/mol. The first-order chi connectivity index (χ1) is 14.6. The van der Waals surface area contributed by atoms with Crippen LogP contribution in [0.2, 0.25) is 0 Å². The summed E-state index contributed by atoms with van der Waals surface area (Å²) in [5.41, 5.74) is 1.45. The van der Waals surface area contributed by atoms with E-state index in [0.29, 0.717) is 0 Å². The maximum Gasteiger partial charge on any atom is 0.230 e. The van der Waals surface area contributed by atoms with E-state index in [0.717, 1.165) is 69.5 Å². The Kier molecular flexibility index (Phi) is 6.38. The van der Waals surface area contributed by atoms with Gasteiger partial charge in [0.1, 0.15) is 11.6 Å². The molecule has 0 spiro atoms. The maximum atomic E-state index is 13.8. The predicted molar refractivity (Wildman–Crippen MR) is 116 cm³/mol. The number of rotatable bonds is 6. The number of carbonyl (C=O) groups excluding carboxylic acids is 1. The first kappa shape index (κ1) is 20.9. The van der Waals surface area contributed by atoms with Crippen molar-refractivity contribution in [3.63, 3.8) is 0 Å². The number of halogens is 1. The standard InChI is InChI=1S/C25H31FN2O2/c1-30-23-10-3-2-7-19(23)18-28-15-11-22(12-16-28)27-24(29)25(13-4-5-14-25)20-8-6-9-21(26)17-20/h2-3,6-10,17,22H,4-5,11-16,18H2,1H3,(H,27,29). The lowest BCUT2D eigenvalue weighted by molar-refractivity contribution is -0.127. The molecule has 1 amide bonds. The zero-order valence-electron chi connectivity index (χ0n) is 17.7. The van der Waals surface area contributed by atoms with E-state index in [9.17, 15) is 9.18 Å². The summed E-state index contributed by atoms with van der Waals surface area (Å²) in [6.07, 6.45) is 5.49. The Hall–Kier alpha value is -2.40. The molecule has 0 bridgehead atoms. The number of hydrogen-bond acceptors (Lipinski definition) is 3. The van der Waals surface area contributed by atoms with Gasteiger partial charge >= 0.3 is 0 Å². The Morgan fingerprint density at radius 1 is 1.13 bits per heavy atom. The predicted octanol–water partition coefficient (Wildman–Crippen LogP) is 4.43. The number of amides is 1. The van der Waals surface area contributed by atoms with Gasteiger partial charge in [0.05, 0.1) is 12.5 Å². The molecule has 1 heterocycles. The van der Waals surface area contributed by atoms with Gasteiger partial charge in [0.25, 0.3) is 0 Å². The van der Waals surface area contributed by atoms with Gasteiger partial charge in [-0.05, 0) is 49.4 Å². The molecule has 0 aromatic heterocycles. The number of piperidine rings is 1. The summed E-state index contributed by atoms with van der Waals surface area (Å²) >= 11 is 0. The van der Waals surface area contributed by atoms with Gasteiger partial charge in [0.2, 0.25) is 5.91 Å². The Labute approximate surface area is 178 Å². The van der Waals surface area contributed by atoms with Crippen molar-refractivity contribution >= 4 is 5.91 Å². The first-order valence-electron chi connectivity index (χ1n) is 11.0. The minimum atomic E-state index is -0.573. The van der Waals surface area contributed by atoms with Crippen LogP contribution in [0, 0.1) is 5.82 Å². The maximum absolute atomic E-state index is 13.8. The van der Waals surface area contributed by atoms with Crippen LogP contribution in [0.25, 0.3) is 0 Å². The molecule has 0 atom stereocenters. The van der Waals surface area contributed by atoms with Crippen LogP contribution >= 0.6 is 0 Å². The number of nitrogens with zero attached hydrogens (tertiary/aromatic N) is 1. The second-order valence-electron chi connectivity index (χ2n) is 8.64. The molecular formula is C25H31FN2O2. The van der Waals surface area contributed by atoms with E-state index in [-0.39, 0.29) is 17.8 Å². The van der Waals surface area contributed by atoms with Crippen LogP contribution in [0.3, 0.4) is 0 Å². The van der Waals surface area contributed by atoms with E-state index in [2.05, 4.69) is 16.3 Å². The fourth-order valence-corrected chi connectivity index (χ4v) is 5.04. The summed E-state index contributed by atoms with van der Waals surface area (Å²) in [5.74, 6) is 0.733. The van der Waals surface area contributed by atoms with Crippen LogP contribution in [0.5, 0.6) is 5.75 Å². The highest BCUT2D eigenvalue weighted by molar-refractivity contribution is 5.88. The largest absolute Gasteiger partial charge is 0.496 e. The molecule has 0 radical (unpaired) electrons. The lowest BCUT2D eigenvalue weighted by Gasteiger charge is -2.35. The summed E-state index contributed by atoms with van der Waals surface area (Å²) in [4.78, 5) is 15.8. The molecule has 2 aromatic carbocycles. The van der Waals surface area contributed by atoms with Crippen molar-refractivity contribution in [3.8, 4) is 5.75 Å². The lowest BCUT2D eigenvalue weighted by Crippen LogP contribution is -2.50. The van der Waals surface area contributed by atoms with Crippen LogP contribution in [0.4, 0.5) is 4.39 Å². The topological polar surface area (TPSA) is 41.6 Å². The van der Waals surface area contributed by atoms with E-state index >= 15 is 0 Å². The lowest BCUT2D eigenvalue weighted by atomic mass is 9.77. The fourth-order valence-electron chi connectivity index (χ4n) is 5.04.